The van der Waals surface area contributed by atoms with E-state index in [4.69, 9.17) is 14.2 Å². The van der Waals surface area contributed by atoms with E-state index in [1.54, 1.807) is 75.9 Å². The number of nitrogens with one attached hydrogen (secondary N) is 2. The van der Waals surface area contributed by atoms with Crippen molar-refractivity contribution in [3.8, 4) is 23.0 Å². The number of pyridine rings is 1. The molecule has 1 heterocycles. The van der Waals surface area contributed by atoms with Gasteiger partial charge in [-0.3, -0.25) is 14.6 Å². The fraction of sp³-hybridized carbons (Fsp3) is 0.207. The molecule has 0 bridgehead atoms. The Kier molecular flexibility index (Phi) is 6.59. The van der Waals surface area contributed by atoms with Gasteiger partial charge in [0.2, 0.25) is 11.8 Å². The molecule has 38 heavy (non-hydrogen) atoms. The molecule has 0 saturated heterocycles. The normalized spacial score (nSPS) is 13.5. The minimum atomic E-state index is -1.15. The second kappa shape index (κ2) is 10.0. The molecule has 0 unspecified atom stereocenters. The van der Waals surface area contributed by atoms with Gasteiger partial charge in [-0.15, -0.1) is 0 Å². The van der Waals surface area contributed by atoms with Gasteiger partial charge >= 0.3 is 0 Å². The molecule has 2 N–H and O–H groups in total. The molecule has 2 amide bonds. The van der Waals surface area contributed by atoms with Crippen LogP contribution in [-0.2, 0) is 9.59 Å². The largest absolute Gasteiger partial charge is 0.493 e. The van der Waals surface area contributed by atoms with Crippen LogP contribution < -0.4 is 24.8 Å². The van der Waals surface area contributed by atoms with Crippen LogP contribution in [0, 0.1) is 18.2 Å². The van der Waals surface area contributed by atoms with E-state index in [0.29, 0.717) is 58.3 Å². The lowest BCUT2D eigenvalue weighted by molar-refractivity contribution is -0.131. The summed E-state index contributed by atoms with van der Waals surface area (Å²) in [7, 11) is 3.13. The second-order valence-corrected chi connectivity index (χ2v) is 9.11. The Labute approximate surface area is 218 Å². The van der Waals surface area contributed by atoms with Crippen molar-refractivity contribution < 1.29 is 28.2 Å². The van der Waals surface area contributed by atoms with Crippen LogP contribution in [-0.4, -0.2) is 31.0 Å². The van der Waals surface area contributed by atoms with Gasteiger partial charge < -0.3 is 24.8 Å². The van der Waals surface area contributed by atoms with E-state index in [2.05, 4.69) is 15.6 Å². The number of methoxy groups -OCH3 is 2. The van der Waals surface area contributed by atoms with Crippen molar-refractivity contribution in [1.29, 1.82) is 0 Å². The minimum absolute atomic E-state index is 0.355. The first kappa shape index (κ1) is 25.0. The summed E-state index contributed by atoms with van der Waals surface area (Å²) in [5, 5.41) is 6.31. The average molecular weight is 516 g/mol. The first-order valence-corrected chi connectivity index (χ1v) is 12.0. The van der Waals surface area contributed by atoms with Crippen molar-refractivity contribution >= 4 is 34.1 Å². The molecular formula is C29H26FN3O5. The number of fused-ring (bicyclic) bond motifs is 1. The van der Waals surface area contributed by atoms with Gasteiger partial charge in [-0.05, 0) is 79.9 Å². The standard InChI is InChI=1S/C29H26FN3O5/c1-17-14-19(6-9-22(17)30)33-28(35)29(11-12-29)27(34)32-18-4-7-20(8-5-18)38-24-10-13-31-23-16-26(37-3)25(36-2)15-21(23)24/h4-10,13-16H,11-12H2,1-3H3,(H,32,34)(H,33,35). The van der Waals surface area contributed by atoms with Gasteiger partial charge in [0.25, 0.3) is 0 Å². The van der Waals surface area contributed by atoms with E-state index in [9.17, 15) is 14.0 Å². The smallest absolute Gasteiger partial charge is 0.240 e. The maximum absolute atomic E-state index is 13.5. The van der Waals surface area contributed by atoms with Gasteiger partial charge in [0.1, 0.15) is 22.7 Å². The highest BCUT2D eigenvalue weighted by Gasteiger charge is 2.56. The number of carbonyl (C=O) groups excluding carboxylic acids is 2. The van der Waals surface area contributed by atoms with Crippen LogP contribution in [0.25, 0.3) is 10.9 Å². The topological polar surface area (TPSA) is 98.8 Å². The molecule has 8 nitrogen and oxygen atoms in total. The quantitative estimate of drug-likeness (QED) is 0.286. The molecule has 0 atom stereocenters. The monoisotopic (exact) mass is 515 g/mol. The maximum atomic E-state index is 13.5. The molecule has 9 heteroatoms. The van der Waals surface area contributed by atoms with Crippen molar-refractivity contribution in [3.63, 3.8) is 0 Å². The zero-order valence-electron chi connectivity index (χ0n) is 21.1. The lowest BCUT2D eigenvalue weighted by Crippen LogP contribution is -2.35. The third-order valence-electron chi connectivity index (χ3n) is 6.58. The number of amides is 2. The van der Waals surface area contributed by atoms with E-state index < -0.39 is 11.3 Å². The molecule has 0 radical (unpaired) electrons. The van der Waals surface area contributed by atoms with Crippen LogP contribution in [0.1, 0.15) is 18.4 Å². The summed E-state index contributed by atoms with van der Waals surface area (Å²) in [5.74, 6) is 1.11. The zero-order chi connectivity index (χ0) is 26.9. The predicted molar refractivity (Wildman–Crippen MR) is 141 cm³/mol. The van der Waals surface area contributed by atoms with E-state index >= 15 is 0 Å². The van der Waals surface area contributed by atoms with Gasteiger partial charge in [-0.2, -0.15) is 0 Å². The molecule has 1 aromatic heterocycles. The number of rotatable bonds is 8. The SMILES string of the molecule is COc1cc2nccc(Oc3ccc(NC(=O)C4(C(=O)Nc5ccc(F)c(C)c5)CC4)cc3)c2cc1OC. The number of ether oxygens (including phenoxy) is 3. The predicted octanol–water partition coefficient (Wildman–Crippen LogP) is 5.85. The summed E-state index contributed by atoms with van der Waals surface area (Å²) in [6.45, 7) is 1.61. The van der Waals surface area contributed by atoms with Gasteiger partial charge in [0.15, 0.2) is 11.5 Å². The van der Waals surface area contributed by atoms with Crippen LogP contribution in [0.2, 0.25) is 0 Å². The Bertz CT molecular complexity index is 1530. The minimum Gasteiger partial charge on any atom is -0.493 e. The zero-order valence-corrected chi connectivity index (χ0v) is 21.1. The van der Waals surface area contributed by atoms with E-state index in [1.807, 2.05) is 0 Å². The van der Waals surface area contributed by atoms with Crippen LogP contribution in [0.3, 0.4) is 0 Å². The highest BCUT2D eigenvalue weighted by molar-refractivity contribution is 6.16. The van der Waals surface area contributed by atoms with Gasteiger partial charge in [0.05, 0.1) is 19.7 Å². The number of hydrogen-bond donors (Lipinski definition) is 2. The molecule has 1 aliphatic rings. The third-order valence-corrected chi connectivity index (χ3v) is 6.58. The summed E-state index contributed by atoms with van der Waals surface area (Å²) in [6, 6.07) is 16.5. The maximum Gasteiger partial charge on any atom is 0.240 e. The van der Waals surface area contributed by atoms with Crippen molar-refractivity contribution in [2.24, 2.45) is 5.41 Å². The van der Waals surface area contributed by atoms with Gasteiger partial charge in [-0.25, -0.2) is 4.39 Å². The highest BCUT2D eigenvalue weighted by Crippen LogP contribution is 2.47. The number of nitrogens with zero attached hydrogens (tertiary/aromatic N) is 1. The molecule has 1 fully saturated rings. The highest BCUT2D eigenvalue weighted by atomic mass is 19.1. The number of aryl methyl sites for hydroxylation is 1. The third kappa shape index (κ3) is 4.82. The average Bonchev–Trinajstić information content (AvgIpc) is 3.74. The summed E-state index contributed by atoms with van der Waals surface area (Å²) in [6.07, 6.45) is 2.52. The van der Waals surface area contributed by atoms with Crippen LogP contribution in [0.4, 0.5) is 15.8 Å². The fourth-order valence-corrected chi connectivity index (χ4v) is 4.18. The summed E-state index contributed by atoms with van der Waals surface area (Å²) in [4.78, 5) is 30.2. The molecule has 5 rings (SSSR count). The number of hydrogen-bond acceptors (Lipinski definition) is 6. The lowest BCUT2D eigenvalue weighted by Gasteiger charge is -2.16. The van der Waals surface area contributed by atoms with Crippen molar-refractivity contribution in [3.05, 3.63) is 78.2 Å². The number of anilines is 2. The molecule has 1 aliphatic carbocycles. The van der Waals surface area contributed by atoms with E-state index in [1.165, 1.54) is 12.1 Å². The Hall–Kier alpha value is -4.66. The Balaban J connectivity index is 1.27. The Morgan fingerprint density at radius 1 is 0.842 bits per heavy atom. The molecular weight excluding hydrogens is 489 g/mol. The fourth-order valence-electron chi connectivity index (χ4n) is 4.18. The number of halogens is 1. The van der Waals surface area contributed by atoms with E-state index in [0.717, 1.165) is 5.39 Å². The van der Waals surface area contributed by atoms with Crippen molar-refractivity contribution in [2.45, 2.75) is 19.8 Å². The first-order chi connectivity index (χ1) is 18.3. The number of carbonyl (C=O) groups is 2. The lowest BCUT2D eigenvalue weighted by atomic mass is 10.0. The van der Waals surface area contributed by atoms with Gasteiger partial charge in [-0.1, -0.05) is 0 Å². The summed E-state index contributed by atoms with van der Waals surface area (Å²) >= 11 is 0. The number of aromatic nitrogens is 1. The Morgan fingerprint density at radius 3 is 2.11 bits per heavy atom. The van der Waals surface area contributed by atoms with Gasteiger partial charge in [0, 0.05) is 29.0 Å². The number of benzene rings is 3. The summed E-state index contributed by atoms with van der Waals surface area (Å²) in [5.41, 5.74) is 0.943. The van der Waals surface area contributed by atoms with E-state index in [-0.39, 0.29) is 11.7 Å². The molecule has 0 aliphatic heterocycles. The summed E-state index contributed by atoms with van der Waals surface area (Å²) < 4.78 is 30.4. The van der Waals surface area contributed by atoms with Crippen LogP contribution >= 0.6 is 0 Å². The molecule has 4 aromatic rings. The first-order valence-electron chi connectivity index (χ1n) is 12.0. The molecule has 1 saturated carbocycles. The molecule has 0 spiro atoms. The molecule has 3 aromatic carbocycles. The van der Waals surface area contributed by atoms with Crippen LogP contribution in [0.5, 0.6) is 23.0 Å². The second-order valence-electron chi connectivity index (χ2n) is 9.11. The van der Waals surface area contributed by atoms with Crippen LogP contribution in [0.15, 0.2) is 66.9 Å². The Morgan fingerprint density at radius 2 is 1.47 bits per heavy atom. The van der Waals surface area contributed by atoms with Crippen molar-refractivity contribution in [1.82, 2.24) is 4.98 Å². The van der Waals surface area contributed by atoms with Crippen molar-refractivity contribution in [2.75, 3.05) is 24.9 Å². The molecule has 194 valence electrons.